The van der Waals surface area contributed by atoms with Gasteiger partial charge in [-0.15, -0.1) is 0 Å². The first-order valence-electron chi connectivity index (χ1n) is 5.79. The van der Waals surface area contributed by atoms with E-state index in [0.29, 0.717) is 4.90 Å². The lowest BCUT2D eigenvalue weighted by atomic mass is 10.2. The zero-order chi connectivity index (χ0) is 12.5. The SMILES string of the molecule is CNCCN1c2ccccc2S(=O)(=O)CC1C. The highest BCUT2D eigenvalue weighted by Crippen LogP contribution is 2.32. The smallest absolute Gasteiger partial charge is 0.182 e. The summed E-state index contributed by atoms with van der Waals surface area (Å²) in [6.07, 6.45) is 0. The Morgan fingerprint density at radius 3 is 2.82 bits per heavy atom. The summed E-state index contributed by atoms with van der Waals surface area (Å²) < 4.78 is 24.1. The predicted octanol–water partition coefficient (Wildman–Crippen LogP) is 0.888. The third-order valence-electron chi connectivity index (χ3n) is 3.11. The number of benzene rings is 1. The fraction of sp³-hybridized carbons (Fsp3) is 0.500. The molecule has 0 aromatic heterocycles. The fourth-order valence-electron chi connectivity index (χ4n) is 2.27. The third kappa shape index (κ3) is 2.30. The van der Waals surface area contributed by atoms with Crippen molar-refractivity contribution in [1.82, 2.24) is 5.32 Å². The van der Waals surface area contributed by atoms with Gasteiger partial charge in [-0.3, -0.25) is 0 Å². The molecule has 4 nitrogen and oxygen atoms in total. The highest BCUT2D eigenvalue weighted by Gasteiger charge is 2.32. The van der Waals surface area contributed by atoms with Gasteiger partial charge in [0, 0.05) is 19.1 Å². The van der Waals surface area contributed by atoms with Crippen molar-refractivity contribution in [2.75, 3.05) is 30.8 Å². The van der Waals surface area contributed by atoms with Crippen molar-refractivity contribution >= 4 is 15.5 Å². The van der Waals surface area contributed by atoms with Crippen LogP contribution in [0.15, 0.2) is 29.2 Å². The van der Waals surface area contributed by atoms with Crippen LogP contribution in [-0.4, -0.2) is 40.3 Å². The van der Waals surface area contributed by atoms with Crippen LogP contribution in [0.4, 0.5) is 5.69 Å². The molecule has 0 aliphatic carbocycles. The molecule has 0 bridgehead atoms. The van der Waals surface area contributed by atoms with Crippen molar-refractivity contribution in [3.05, 3.63) is 24.3 Å². The maximum atomic E-state index is 12.1. The minimum Gasteiger partial charge on any atom is -0.365 e. The third-order valence-corrected chi connectivity index (χ3v) is 5.04. The summed E-state index contributed by atoms with van der Waals surface area (Å²) in [7, 11) is -1.21. The second kappa shape index (κ2) is 4.66. The van der Waals surface area contributed by atoms with Gasteiger partial charge in [-0.1, -0.05) is 12.1 Å². The van der Waals surface area contributed by atoms with Crippen LogP contribution in [0.5, 0.6) is 0 Å². The molecule has 1 aliphatic heterocycles. The van der Waals surface area contributed by atoms with Crippen molar-refractivity contribution in [1.29, 1.82) is 0 Å². The normalized spacial score (nSPS) is 22.2. The topological polar surface area (TPSA) is 49.4 Å². The number of hydrogen-bond donors (Lipinski definition) is 1. The molecule has 0 saturated heterocycles. The summed E-state index contributed by atoms with van der Waals surface area (Å²) in [5.74, 6) is 0.202. The number of likely N-dealkylation sites (N-methyl/N-ethyl adjacent to an activating group) is 1. The molecule has 17 heavy (non-hydrogen) atoms. The highest BCUT2D eigenvalue weighted by atomic mass is 32.2. The second-order valence-corrected chi connectivity index (χ2v) is 6.40. The molecule has 1 aromatic carbocycles. The van der Waals surface area contributed by atoms with Gasteiger partial charge in [0.2, 0.25) is 0 Å². The van der Waals surface area contributed by atoms with Gasteiger partial charge in [-0.25, -0.2) is 8.42 Å². The Balaban J connectivity index is 2.43. The van der Waals surface area contributed by atoms with Gasteiger partial charge >= 0.3 is 0 Å². The number of sulfone groups is 1. The Bertz CT molecular complexity index is 499. The summed E-state index contributed by atoms with van der Waals surface area (Å²) in [5.41, 5.74) is 0.835. The van der Waals surface area contributed by atoms with Crippen LogP contribution in [0.25, 0.3) is 0 Å². The van der Waals surface area contributed by atoms with E-state index in [2.05, 4.69) is 10.2 Å². The van der Waals surface area contributed by atoms with E-state index in [9.17, 15) is 8.42 Å². The first kappa shape index (κ1) is 12.4. The second-order valence-electron chi connectivity index (χ2n) is 4.40. The van der Waals surface area contributed by atoms with E-state index in [0.717, 1.165) is 18.8 Å². The Morgan fingerprint density at radius 2 is 2.12 bits per heavy atom. The average molecular weight is 254 g/mol. The lowest BCUT2D eigenvalue weighted by Gasteiger charge is -2.36. The van der Waals surface area contributed by atoms with Gasteiger partial charge in [0.05, 0.1) is 16.3 Å². The van der Waals surface area contributed by atoms with E-state index in [1.807, 2.05) is 26.1 Å². The minimum absolute atomic E-state index is 0.0308. The first-order valence-corrected chi connectivity index (χ1v) is 7.44. The number of para-hydroxylation sites is 1. The van der Waals surface area contributed by atoms with Crippen LogP contribution < -0.4 is 10.2 Å². The van der Waals surface area contributed by atoms with E-state index in [-0.39, 0.29) is 11.8 Å². The molecule has 0 spiro atoms. The molecule has 1 heterocycles. The van der Waals surface area contributed by atoms with Crippen molar-refractivity contribution in [2.24, 2.45) is 0 Å². The maximum absolute atomic E-state index is 12.1. The molecule has 2 rings (SSSR count). The molecule has 94 valence electrons. The van der Waals surface area contributed by atoms with E-state index in [1.54, 1.807) is 12.1 Å². The first-order chi connectivity index (χ1) is 8.06. The quantitative estimate of drug-likeness (QED) is 0.870. The van der Waals surface area contributed by atoms with Crippen LogP contribution >= 0.6 is 0 Å². The molecule has 0 fully saturated rings. The number of anilines is 1. The van der Waals surface area contributed by atoms with E-state index < -0.39 is 9.84 Å². The molecule has 1 atom stereocenters. The van der Waals surface area contributed by atoms with E-state index >= 15 is 0 Å². The van der Waals surface area contributed by atoms with Gasteiger partial charge in [-0.2, -0.15) is 0 Å². The number of hydrogen-bond acceptors (Lipinski definition) is 4. The number of fused-ring (bicyclic) bond motifs is 1. The molecule has 1 N–H and O–H groups in total. The van der Waals surface area contributed by atoms with Crippen LogP contribution in [-0.2, 0) is 9.84 Å². The average Bonchev–Trinajstić information content (AvgIpc) is 2.28. The lowest BCUT2D eigenvalue weighted by molar-refractivity contribution is 0.568. The standard InChI is InChI=1S/C12H18N2O2S/c1-10-9-17(15,16)12-6-4-3-5-11(12)14(10)8-7-13-2/h3-6,10,13H,7-9H2,1-2H3. The predicted molar refractivity (Wildman–Crippen MR) is 69.2 cm³/mol. The molecule has 1 unspecified atom stereocenters. The number of nitrogens with one attached hydrogen (secondary N) is 1. The van der Waals surface area contributed by atoms with Gasteiger partial charge in [0.1, 0.15) is 0 Å². The van der Waals surface area contributed by atoms with Gasteiger partial charge < -0.3 is 10.2 Å². The van der Waals surface area contributed by atoms with Crippen LogP contribution in [0, 0.1) is 0 Å². The van der Waals surface area contributed by atoms with E-state index in [1.165, 1.54) is 0 Å². The maximum Gasteiger partial charge on any atom is 0.182 e. The number of nitrogens with zero attached hydrogens (tertiary/aromatic N) is 1. The molecule has 0 saturated carbocycles. The summed E-state index contributed by atoms with van der Waals surface area (Å²) in [4.78, 5) is 2.63. The Kier molecular flexibility index (Phi) is 3.40. The Labute approximate surface area is 103 Å². The minimum atomic E-state index is -3.11. The molecule has 0 radical (unpaired) electrons. The molecular weight excluding hydrogens is 236 g/mol. The van der Waals surface area contributed by atoms with Gasteiger partial charge in [0.15, 0.2) is 9.84 Å². The Morgan fingerprint density at radius 1 is 1.41 bits per heavy atom. The summed E-state index contributed by atoms with van der Waals surface area (Å²) in [5, 5.41) is 3.10. The lowest BCUT2D eigenvalue weighted by Crippen LogP contribution is -2.45. The van der Waals surface area contributed by atoms with Crippen molar-refractivity contribution < 1.29 is 8.42 Å². The zero-order valence-electron chi connectivity index (χ0n) is 10.2. The van der Waals surface area contributed by atoms with Crippen LogP contribution in [0.1, 0.15) is 6.92 Å². The van der Waals surface area contributed by atoms with Crippen LogP contribution in [0.2, 0.25) is 0 Å². The van der Waals surface area contributed by atoms with Crippen molar-refractivity contribution in [3.8, 4) is 0 Å². The van der Waals surface area contributed by atoms with Crippen molar-refractivity contribution in [3.63, 3.8) is 0 Å². The summed E-state index contributed by atoms with van der Waals surface area (Å²) in [6.45, 7) is 3.63. The van der Waals surface area contributed by atoms with Gasteiger partial charge in [0.25, 0.3) is 0 Å². The molecular formula is C12H18N2O2S. The monoisotopic (exact) mass is 254 g/mol. The molecule has 5 heteroatoms. The molecule has 1 aliphatic rings. The largest absolute Gasteiger partial charge is 0.365 e. The molecule has 0 amide bonds. The molecule has 1 aromatic rings. The van der Waals surface area contributed by atoms with Gasteiger partial charge in [-0.05, 0) is 26.1 Å². The summed E-state index contributed by atoms with van der Waals surface area (Å²) >= 11 is 0. The van der Waals surface area contributed by atoms with E-state index in [4.69, 9.17) is 0 Å². The number of rotatable bonds is 3. The zero-order valence-corrected chi connectivity index (χ0v) is 11.0. The highest BCUT2D eigenvalue weighted by molar-refractivity contribution is 7.91. The summed E-state index contributed by atoms with van der Waals surface area (Å²) in [6, 6.07) is 7.28. The Hall–Kier alpha value is -1.07. The van der Waals surface area contributed by atoms with Crippen LogP contribution in [0.3, 0.4) is 0 Å². The van der Waals surface area contributed by atoms with Crippen molar-refractivity contribution in [2.45, 2.75) is 17.9 Å². The fourth-order valence-corrected chi connectivity index (χ4v) is 4.05.